The molecule has 1 aliphatic heterocycles. The van der Waals surface area contributed by atoms with Crippen molar-refractivity contribution >= 4 is 0 Å². The summed E-state index contributed by atoms with van der Waals surface area (Å²) in [5, 5.41) is 10.9. The van der Waals surface area contributed by atoms with Crippen molar-refractivity contribution in [3.63, 3.8) is 0 Å². The Hall–Kier alpha value is -0.120. The lowest BCUT2D eigenvalue weighted by molar-refractivity contribution is -0.205. The van der Waals surface area contributed by atoms with E-state index in [0.717, 1.165) is 0 Å². The Bertz CT molecular complexity index is 131. The van der Waals surface area contributed by atoms with E-state index in [9.17, 15) is 5.21 Å². The smallest absolute Gasteiger partial charge is 0.0650 e. The number of ether oxygens (including phenoxy) is 1. The molecule has 11 heavy (non-hydrogen) atoms. The maximum absolute atomic E-state index is 9.46. The third kappa shape index (κ3) is 2.15. The molecule has 0 aromatic rings. The van der Waals surface area contributed by atoms with Crippen molar-refractivity contribution in [1.82, 2.24) is 5.06 Å². The predicted octanol–water partition coefficient (Wildman–Crippen LogP) is 1.12. The van der Waals surface area contributed by atoms with Gasteiger partial charge in [0.25, 0.3) is 0 Å². The van der Waals surface area contributed by atoms with Crippen LogP contribution in [-0.2, 0) is 4.74 Å². The second-order valence-corrected chi connectivity index (χ2v) is 4.12. The van der Waals surface area contributed by atoms with Gasteiger partial charge in [-0.25, -0.2) is 0 Å². The third-order valence-electron chi connectivity index (χ3n) is 2.10. The zero-order chi connectivity index (χ0) is 8.48. The van der Waals surface area contributed by atoms with Crippen LogP contribution in [0.3, 0.4) is 0 Å². The summed E-state index contributed by atoms with van der Waals surface area (Å²) in [4.78, 5) is 0. The van der Waals surface area contributed by atoms with E-state index >= 15 is 0 Å². The van der Waals surface area contributed by atoms with Gasteiger partial charge >= 0.3 is 0 Å². The predicted molar refractivity (Wildman–Crippen MR) is 42.6 cm³/mol. The Morgan fingerprint density at radius 1 is 1.45 bits per heavy atom. The van der Waals surface area contributed by atoms with Crippen molar-refractivity contribution < 1.29 is 9.94 Å². The van der Waals surface area contributed by atoms with E-state index in [1.165, 1.54) is 5.06 Å². The van der Waals surface area contributed by atoms with E-state index in [2.05, 4.69) is 20.8 Å². The van der Waals surface area contributed by atoms with E-state index in [4.69, 9.17) is 4.74 Å². The lowest BCUT2D eigenvalue weighted by atomic mass is 9.86. The van der Waals surface area contributed by atoms with Gasteiger partial charge in [-0.3, -0.25) is 0 Å². The van der Waals surface area contributed by atoms with Gasteiger partial charge in [0.15, 0.2) is 0 Å². The average Bonchev–Trinajstić information content (AvgIpc) is 1.86. The standard InChI is InChI=1S/C8H17NO2/c1-8(2,3)7-6-11-5-4-9(7)10/h7,10H,4-6H2,1-3H3/t7-/m0/s1. The molecular weight excluding hydrogens is 142 g/mol. The number of morpholine rings is 1. The molecule has 66 valence electrons. The first-order chi connectivity index (χ1) is 5.02. The third-order valence-corrected chi connectivity index (χ3v) is 2.10. The molecule has 0 aromatic carbocycles. The van der Waals surface area contributed by atoms with E-state index < -0.39 is 0 Å². The molecule has 3 nitrogen and oxygen atoms in total. The van der Waals surface area contributed by atoms with Gasteiger partial charge in [0.1, 0.15) is 0 Å². The molecule has 0 radical (unpaired) electrons. The minimum Gasteiger partial charge on any atom is -0.378 e. The molecule has 1 fully saturated rings. The Balaban J connectivity index is 2.55. The number of hydrogen-bond donors (Lipinski definition) is 1. The molecule has 0 aliphatic carbocycles. The van der Waals surface area contributed by atoms with Gasteiger partial charge in [-0.2, -0.15) is 5.06 Å². The Morgan fingerprint density at radius 2 is 2.09 bits per heavy atom. The maximum atomic E-state index is 9.46. The van der Waals surface area contributed by atoms with Crippen molar-refractivity contribution in [2.45, 2.75) is 26.8 Å². The monoisotopic (exact) mass is 159 g/mol. The summed E-state index contributed by atoms with van der Waals surface area (Å²) in [6.07, 6.45) is 0. The SMILES string of the molecule is CC(C)(C)[C@@H]1COCCN1O. The molecule has 0 saturated carbocycles. The van der Waals surface area contributed by atoms with Gasteiger partial charge in [-0.05, 0) is 5.41 Å². The zero-order valence-corrected chi connectivity index (χ0v) is 7.50. The van der Waals surface area contributed by atoms with Crippen molar-refractivity contribution in [3.8, 4) is 0 Å². The number of hydroxylamine groups is 2. The minimum absolute atomic E-state index is 0.0924. The highest BCUT2D eigenvalue weighted by molar-refractivity contribution is 4.81. The molecule has 0 unspecified atom stereocenters. The quantitative estimate of drug-likeness (QED) is 0.575. The van der Waals surface area contributed by atoms with Gasteiger partial charge < -0.3 is 9.94 Å². The van der Waals surface area contributed by atoms with Crippen LogP contribution in [-0.4, -0.2) is 36.1 Å². The Morgan fingerprint density at radius 3 is 2.45 bits per heavy atom. The van der Waals surface area contributed by atoms with Crippen LogP contribution < -0.4 is 0 Å². The molecule has 1 heterocycles. The Kier molecular flexibility index (Phi) is 2.52. The lowest BCUT2D eigenvalue weighted by Gasteiger charge is -2.39. The van der Waals surface area contributed by atoms with Crippen molar-refractivity contribution in [2.24, 2.45) is 5.41 Å². The Labute approximate surface area is 67.9 Å². The fourth-order valence-corrected chi connectivity index (χ4v) is 1.29. The van der Waals surface area contributed by atoms with Crippen LogP contribution in [0.15, 0.2) is 0 Å². The molecule has 0 spiro atoms. The molecule has 0 aromatic heterocycles. The average molecular weight is 159 g/mol. The number of hydrogen-bond acceptors (Lipinski definition) is 3. The highest BCUT2D eigenvalue weighted by atomic mass is 16.5. The van der Waals surface area contributed by atoms with Crippen LogP contribution in [0.2, 0.25) is 0 Å². The van der Waals surface area contributed by atoms with Crippen LogP contribution in [0.1, 0.15) is 20.8 Å². The van der Waals surface area contributed by atoms with Crippen LogP contribution in [0.4, 0.5) is 0 Å². The first-order valence-electron chi connectivity index (χ1n) is 4.05. The molecule has 1 N–H and O–H groups in total. The van der Waals surface area contributed by atoms with Gasteiger partial charge in [0.05, 0.1) is 19.3 Å². The zero-order valence-electron chi connectivity index (χ0n) is 7.50. The molecule has 0 amide bonds. The second kappa shape index (κ2) is 3.09. The molecule has 0 bridgehead atoms. The molecule has 1 saturated heterocycles. The summed E-state index contributed by atoms with van der Waals surface area (Å²) in [5.74, 6) is 0. The second-order valence-electron chi connectivity index (χ2n) is 4.12. The summed E-state index contributed by atoms with van der Waals surface area (Å²) in [6, 6.07) is 0.135. The highest BCUT2D eigenvalue weighted by Crippen LogP contribution is 2.25. The van der Waals surface area contributed by atoms with Gasteiger partial charge in [-0.15, -0.1) is 0 Å². The van der Waals surface area contributed by atoms with Crippen LogP contribution in [0.5, 0.6) is 0 Å². The molecule has 1 rings (SSSR count). The summed E-state index contributed by atoms with van der Waals surface area (Å²) >= 11 is 0. The molecule has 1 atom stereocenters. The van der Waals surface area contributed by atoms with Crippen molar-refractivity contribution in [1.29, 1.82) is 0 Å². The van der Waals surface area contributed by atoms with E-state index in [1.807, 2.05) is 0 Å². The van der Waals surface area contributed by atoms with Crippen LogP contribution in [0, 0.1) is 5.41 Å². The van der Waals surface area contributed by atoms with Gasteiger partial charge in [0.2, 0.25) is 0 Å². The van der Waals surface area contributed by atoms with Crippen molar-refractivity contribution in [2.75, 3.05) is 19.8 Å². The van der Waals surface area contributed by atoms with E-state index in [1.54, 1.807) is 0 Å². The van der Waals surface area contributed by atoms with Gasteiger partial charge in [0, 0.05) is 6.54 Å². The van der Waals surface area contributed by atoms with Gasteiger partial charge in [-0.1, -0.05) is 20.8 Å². The molecule has 1 aliphatic rings. The fraction of sp³-hybridized carbons (Fsp3) is 1.00. The number of nitrogens with zero attached hydrogens (tertiary/aromatic N) is 1. The fourth-order valence-electron chi connectivity index (χ4n) is 1.29. The lowest BCUT2D eigenvalue weighted by Crippen LogP contribution is -2.50. The normalized spacial score (nSPS) is 28.9. The van der Waals surface area contributed by atoms with Crippen LogP contribution in [0.25, 0.3) is 0 Å². The number of rotatable bonds is 0. The minimum atomic E-state index is 0.0924. The molecular formula is C8H17NO2. The topological polar surface area (TPSA) is 32.7 Å². The first kappa shape index (κ1) is 8.97. The summed E-state index contributed by atoms with van der Waals surface area (Å²) in [5.41, 5.74) is 0.0924. The van der Waals surface area contributed by atoms with Crippen LogP contribution >= 0.6 is 0 Å². The summed E-state index contributed by atoms with van der Waals surface area (Å²) in [7, 11) is 0. The first-order valence-corrected chi connectivity index (χ1v) is 4.05. The van der Waals surface area contributed by atoms with Crippen molar-refractivity contribution in [3.05, 3.63) is 0 Å². The summed E-state index contributed by atoms with van der Waals surface area (Å²) in [6.45, 7) is 8.23. The molecule has 3 heteroatoms. The van der Waals surface area contributed by atoms with E-state index in [-0.39, 0.29) is 11.5 Å². The summed E-state index contributed by atoms with van der Waals surface area (Å²) < 4.78 is 5.28. The highest BCUT2D eigenvalue weighted by Gasteiger charge is 2.32. The largest absolute Gasteiger partial charge is 0.378 e. The maximum Gasteiger partial charge on any atom is 0.0650 e. The van der Waals surface area contributed by atoms with E-state index in [0.29, 0.717) is 19.8 Å².